The summed E-state index contributed by atoms with van der Waals surface area (Å²) in [6.07, 6.45) is 3.47. The maximum Gasteiger partial charge on any atom is 0.127 e. The Morgan fingerprint density at radius 3 is 2.81 bits per heavy atom. The van der Waals surface area contributed by atoms with Gasteiger partial charge in [0.1, 0.15) is 5.82 Å². The smallest absolute Gasteiger partial charge is 0.127 e. The Bertz CT molecular complexity index is 642. The highest BCUT2D eigenvalue weighted by atomic mass is 15.3. The summed E-state index contributed by atoms with van der Waals surface area (Å²) in [5.41, 5.74) is 7.72. The van der Waals surface area contributed by atoms with Gasteiger partial charge in [0.2, 0.25) is 0 Å². The van der Waals surface area contributed by atoms with E-state index in [1.54, 1.807) is 23.1 Å². The van der Waals surface area contributed by atoms with E-state index in [1.165, 1.54) is 0 Å². The molecule has 16 heavy (non-hydrogen) atoms. The SMILES string of the molecule is Nc1ccnn1-c1ccc2ncccc2c1. The van der Waals surface area contributed by atoms with Gasteiger partial charge in [-0.3, -0.25) is 4.98 Å². The molecule has 0 spiro atoms. The first-order chi connectivity index (χ1) is 7.84. The lowest BCUT2D eigenvalue weighted by atomic mass is 10.2. The molecule has 0 saturated carbocycles. The average molecular weight is 210 g/mol. The molecule has 0 fully saturated rings. The lowest BCUT2D eigenvalue weighted by Gasteiger charge is -2.04. The molecule has 0 bridgehead atoms. The normalized spacial score (nSPS) is 10.8. The summed E-state index contributed by atoms with van der Waals surface area (Å²) in [5.74, 6) is 0.628. The molecule has 4 nitrogen and oxygen atoms in total. The molecule has 1 aromatic carbocycles. The number of rotatable bonds is 1. The monoisotopic (exact) mass is 210 g/mol. The van der Waals surface area contributed by atoms with Gasteiger partial charge in [0.05, 0.1) is 17.4 Å². The number of pyridine rings is 1. The molecule has 0 saturated heterocycles. The van der Waals surface area contributed by atoms with E-state index in [2.05, 4.69) is 10.1 Å². The van der Waals surface area contributed by atoms with Gasteiger partial charge < -0.3 is 5.73 Å². The fourth-order valence-electron chi connectivity index (χ4n) is 1.72. The fourth-order valence-corrected chi connectivity index (χ4v) is 1.72. The number of fused-ring (bicyclic) bond motifs is 1. The Morgan fingerprint density at radius 1 is 1.06 bits per heavy atom. The summed E-state index contributed by atoms with van der Waals surface area (Å²) in [7, 11) is 0. The second-order valence-electron chi connectivity index (χ2n) is 3.55. The van der Waals surface area contributed by atoms with Crippen molar-refractivity contribution in [2.45, 2.75) is 0 Å². The van der Waals surface area contributed by atoms with E-state index in [4.69, 9.17) is 5.73 Å². The summed E-state index contributed by atoms with van der Waals surface area (Å²) in [5, 5.41) is 5.24. The van der Waals surface area contributed by atoms with E-state index >= 15 is 0 Å². The van der Waals surface area contributed by atoms with Crippen LogP contribution in [0.5, 0.6) is 0 Å². The Morgan fingerprint density at radius 2 is 2.00 bits per heavy atom. The second-order valence-corrected chi connectivity index (χ2v) is 3.55. The van der Waals surface area contributed by atoms with E-state index in [-0.39, 0.29) is 0 Å². The molecule has 3 aromatic rings. The highest BCUT2D eigenvalue weighted by Gasteiger charge is 2.02. The molecule has 2 N–H and O–H groups in total. The van der Waals surface area contributed by atoms with Crippen molar-refractivity contribution >= 4 is 16.7 Å². The Balaban J connectivity index is 2.23. The quantitative estimate of drug-likeness (QED) is 0.668. The standard InChI is InChI=1S/C12H10N4/c13-12-5-7-15-16(12)10-3-4-11-9(8-10)2-1-6-14-11/h1-8H,13H2. The summed E-state index contributed by atoms with van der Waals surface area (Å²) in [6, 6.07) is 11.6. The maximum atomic E-state index is 5.80. The van der Waals surface area contributed by atoms with Crippen LogP contribution in [0.2, 0.25) is 0 Å². The van der Waals surface area contributed by atoms with Crippen molar-refractivity contribution in [1.29, 1.82) is 0 Å². The van der Waals surface area contributed by atoms with Gasteiger partial charge in [-0.25, -0.2) is 4.68 Å². The molecule has 3 rings (SSSR count). The number of nitrogens with two attached hydrogens (primary N) is 1. The van der Waals surface area contributed by atoms with E-state index in [0.717, 1.165) is 16.6 Å². The molecule has 4 heteroatoms. The first-order valence-electron chi connectivity index (χ1n) is 4.99. The van der Waals surface area contributed by atoms with Gasteiger partial charge in [-0.1, -0.05) is 6.07 Å². The lowest BCUT2D eigenvalue weighted by Crippen LogP contribution is -2.01. The zero-order valence-electron chi connectivity index (χ0n) is 8.54. The fraction of sp³-hybridized carbons (Fsp3) is 0. The molecule has 0 aliphatic rings. The predicted molar refractivity (Wildman–Crippen MR) is 63.3 cm³/mol. The third kappa shape index (κ3) is 1.32. The first-order valence-corrected chi connectivity index (χ1v) is 4.99. The predicted octanol–water partition coefficient (Wildman–Crippen LogP) is 2.00. The number of nitrogen functional groups attached to an aromatic ring is 1. The lowest BCUT2D eigenvalue weighted by molar-refractivity contribution is 0.893. The van der Waals surface area contributed by atoms with Crippen molar-refractivity contribution < 1.29 is 0 Å². The van der Waals surface area contributed by atoms with Crippen LogP contribution in [-0.2, 0) is 0 Å². The van der Waals surface area contributed by atoms with Crippen LogP contribution in [0.1, 0.15) is 0 Å². The average Bonchev–Trinajstić information content (AvgIpc) is 2.75. The van der Waals surface area contributed by atoms with Crippen LogP contribution in [0.15, 0.2) is 48.8 Å². The van der Waals surface area contributed by atoms with Crippen LogP contribution in [0, 0.1) is 0 Å². The summed E-state index contributed by atoms with van der Waals surface area (Å²) in [6.45, 7) is 0. The highest BCUT2D eigenvalue weighted by molar-refractivity contribution is 5.80. The van der Waals surface area contributed by atoms with Crippen molar-refractivity contribution in [2.24, 2.45) is 0 Å². The molecule has 0 radical (unpaired) electrons. The van der Waals surface area contributed by atoms with Crippen LogP contribution in [0.3, 0.4) is 0 Å². The number of anilines is 1. The molecule has 0 amide bonds. The Kier molecular flexibility index (Phi) is 1.86. The molecule has 0 unspecified atom stereocenters. The van der Waals surface area contributed by atoms with Gasteiger partial charge in [0.15, 0.2) is 0 Å². The summed E-state index contributed by atoms with van der Waals surface area (Å²) < 4.78 is 1.70. The molecule has 78 valence electrons. The number of benzene rings is 1. The van der Waals surface area contributed by atoms with Crippen molar-refractivity contribution in [2.75, 3.05) is 5.73 Å². The van der Waals surface area contributed by atoms with Crippen LogP contribution in [-0.4, -0.2) is 14.8 Å². The molecule has 0 atom stereocenters. The zero-order valence-corrected chi connectivity index (χ0v) is 8.54. The van der Waals surface area contributed by atoms with E-state index in [0.29, 0.717) is 5.82 Å². The number of hydrogen-bond acceptors (Lipinski definition) is 3. The van der Waals surface area contributed by atoms with Crippen LogP contribution in [0.25, 0.3) is 16.6 Å². The second kappa shape index (κ2) is 3.34. The third-order valence-corrected chi connectivity index (χ3v) is 2.50. The number of nitrogens with zero attached hydrogens (tertiary/aromatic N) is 3. The van der Waals surface area contributed by atoms with Crippen molar-refractivity contribution in [3.63, 3.8) is 0 Å². The van der Waals surface area contributed by atoms with E-state index in [9.17, 15) is 0 Å². The molecule has 0 aliphatic carbocycles. The van der Waals surface area contributed by atoms with Crippen molar-refractivity contribution in [3.8, 4) is 5.69 Å². The Labute approximate surface area is 92.3 Å². The van der Waals surface area contributed by atoms with Gasteiger partial charge >= 0.3 is 0 Å². The minimum Gasteiger partial charge on any atom is -0.384 e. The minimum atomic E-state index is 0.628. The van der Waals surface area contributed by atoms with Crippen LogP contribution >= 0.6 is 0 Å². The topological polar surface area (TPSA) is 56.7 Å². The van der Waals surface area contributed by atoms with E-state index in [1.807, 2.05) is 30.3 Å². The molecule has 2 heterocycles. The highest BCUT2D eigenvalue weighted by Crippen LogP contribution is 2.17. The van der Waals surface area contributed by atoms with Gasteiger partial charge in [0, 0.05) is 17.6 Å². The van der Waals surface area contributed by atoms with Gasteiger partial charge in [-0.2, -0.15) is 5.10 Å². The van der Waals surface area contributed by atoms with Gasteiger partial charge in [0.25, 0.3) is 0 Å². The van der Waals surface area contributed by atoms with Crippen LogP contribution in [0.4, 0.5) is 5.82 Å². The van der Waals surface area contributed by atoms with E-state index < -0.39 is 0 Å². The van der Waals surface area contributed by atoms with Gasteiger partial charge in [-0.05, 0) is 24.3 Å². The van der Waals surface area contributed by atoms with Crippen molar-refractivity contribution in [1.82, 2.24) is 14.8 Å². The molecule has 0 aliphatic heterocycles. The third-order valence-electron chi connectivity index (χ3n) is 2.50. The maximum absolute atomic E-state index is 5.80. The summed E-state index contributed by atoms with van der Waals surface area (Å²) >= 11 is 0. The molecular formula is C12H10N4. The number of aromatic nitrogens is 3. The number of hydrogen-bond donors (Lipinski definition) is 1. The van der Waals surface area contributed by atoms with Crippen molar-refractivity contribution in [3.05, 3.63) is 48.8 Å². The zero-order chi connectivity index (χ0) is 11.0. The molecular weight excluding hydrogens is 200 g/mol. The Hall–Kier alpha value is -2.36. The van der Waals surface area contributed by atoms with Gasteiger partial charge in [-0.15, -0.1) is 0 Å². The van der Waals surface area contributed by atoms with Crippen LogP contribution < -0.4 is 5.73 Å². The molecule has 2 aromatic heterocycles. The summed E-state index contributed by atoms with van der Waals surface area (Å²) in [4.78, 5) is 4.27. The largest absolute Gasteiger partial charge is 0.384 e. The first kappa shape index (κ1) is 8.91. The minimum absolute atomic E-state index is 0.628.